The Morgan fingerprint density at radius 2 is 1.48 bits per heavy atom. The molecule has 236 valence electrons. The van der Waals surface area contributed by atoms with E-state index in [9.17, 15) is 14.7 Å². The first-order valence-electron chi connectivity index (χ1n) is 13.9. The van der Waals surface area contributed by atoms with Crippen LogP contribution < -0.4 is 10.2 Å². The molecule has 2 aromatic heterocycles. The number of aromatic nitrogens is 4. The third-order valence-electron chi connectivity index (χ3n) is 6.40. The van der Waals surface area contributed by atoms with E-state index in [4.69, 9.17) is 27.9 Å². The van der Waals surface area contributed by atoms with Gasteiger partial charge in [0.25, 0.3) is 0 Å². The second-order valence-corrected chi connectivity index (χ2v) is 13.3. The first-order valence-corrected chi connectivity index (χ1v) is 14.7. The van der Waals surface area contributed by atoms with E-state index in [-0.39, 0.29) is 0 Å². The highest BCUT2D eigenvalue weighted by atomic mass is 35.5. The zero-order valence-corrected chi connectivity index (χ0v) is 28.3. The minimum atomic E-state index is -1.01. The molecule has 0 atom stereocenters. The van der Waals surface area contributed by atoms with E-state index in [2.05, 4.69) is 15.5 Å². The van der Waals surface area contributed by atoms with Gasteiger partial charge in [-0.05, 0) is 90.8 Å². The molecule has 0 aliphatic heterocycles. The maximum Gasteiger partial charge on any atom is 0.412 e. The van der Waals surface area contributed by atoms with Crippen molar-refractivity contribution in [3.8, 4) is 22.5 Å². The van der Waals surface area contributed by atoms with Gasteiger partial charge in [-0.25, -0.2) is 9.59 Å². The van der Waals surface area contributed by atoms with E-state index in [0.717, 1.165) is 27.9 Å². The number of hydrogen-bond donors (Lipinski definition) is 2. The number of nitrogens with zero attached hydrogens (tertiary/aromatic N) is 5. The van der Waals surface area contributed by atoms with Crippen LogP contribution in [0.3, 0.4) is 0 Å². The standard InChI is InChI=1S/2C16H20ClN3O2/c1-10-6-7-11(17)8-12(10)14-13(9-20(5)19-14)18-15(21)22-16(2,3)4;1-10-6-7-11(17)8-12(10)14-13(9-18-19(14)5)20(15(21)22)16(2,3)4/h6-9H,1-5H3,(H,18,21);6-9H,1-5H3,(H,21,22). The quantitative estimate of drug-likeness (QED) is 0.230. The van der Waals surface area contributed by atoms with Crippen molar-refractivity contribution in [1.82, 2.24) is 19.6 Å². The number of carbonyl (C=O) groups is 2. The second kappa shape index (κ2) is 13.3. The SMILES string of the molecule is Cc1ccc(Cl)cc1-c1c(N(C(=O)O)C(C)(C)C)cnn1C.Cc1ccc(Cl)cc1-c1nn(C)cc1NC(=O)OC(C)(C)C. The molecule has 2 aromatic carbocycles. The molecule has 2 heterocycles. The van der Waals surface area contributed by atoms with Crippen LogP contribution in [-0.2, 0) is 18.8 Å². The minimum absolute atomic E-state index is 0.513. The van der Waals surface area contributed by atoms with Crippen molar-refractivity contribution in [3.05, 3.63) is 70.0 Å². The zero-order valence-electron chi connectivity index (χ0n) is 26.8. The third-order valence-corrected chi connectivity index (χ3v) is 6.87. The first-order chi connectivity index (χ1) is 20.3. The van der Waals surface area contributed by atoms with Crippen LogP contribution >= 0.6 is 23.2 Å². The third kappa shape index (κ3) is 8.54. The van der Waals surface area contributed by atoms with Crippen LogP contribution in [0.1, 0.15) is 52.7 Å². The molecular weight excluding hydrogens is 603 g/mol. The van der Waals surface area contributed by atoms with E-state index in [0.29, 0.717) is 27.1 Å². The number of hydrogen-bond acceptors (Lipinski definition) is 5. The van der Waals surface area contributed by atoms with Crippen molar-refractivity contribution in [1.29, 1.82) is 0 Å². The fourth-order valence-electron chi connectivity index (χ4n) is 4.54. The summed E-state index contributed by atoms with van der Waals surface area (Å²) in [5.41, 5.74) is 5.16. The number of carbonyl (C=O) groups excluding carboxylic acids is 1. The van der Waals surface area contributed by atoms with Crippen molar-refractivity contribution in [2.24, 2.45) is 14.1 Å². The largest absolute Gasteiger partial charge is 0.465 e. The average molecular weight is 644 g/mol. The number of nitrogens with one attached hydrogen (secondary N) is 1. The summed E-state index contributed by atoms with van der Waals surface area (Å²) in [6, 6.07) is 11.1. The Morgan fingerprint density at radius 1 is 0.932 bits per heavy atom. The fourth-order valence-corrected chi connectivity index (χ4v) is 4.89. The molecule has 2 N–H and O–H groups in total. The van der Waals surface area contributed by atoms with Gasteiger partial charge in [-0.3, -0.25) is 19.6 Å². The molecule has 0 unspecified atom stereocenters. The molecule has 0 bridgehead atoms. The van der Waals surface area contributed by atoms with Crippen LogP contribution in [0, 0.1) is 13.8 Å². The number of halogens is 2. The molecule has 2 amide bonds. The smallest absolute Gasteiger partial charge is 0.412 e. The molecule has 0 aliphatic carbocycles. The van der Waals surface area contributed by atoms with E-state index < -0.39 is 23.3 Å². The molecule has 0 fully saturated rings. The van der Waals surface area contributed by atoms with E-state index in [1.807, 2.05) is 91.8 Å². The van der Waals surface area contributed by atoms with Gasteiger partial charge in [0.2, 0.25) is 0 Å². The van der Waals surface area contributed by atoms with E-state index in [1.54, 1.807) is 35.9 Å². The molecule has 0 spiro atoms. The lowest BCUT2D eigenvalue weighted by Gasteiger charge is -2.33. The van der Waals surface area contributed by atoms with Crippen LogP contribution in [-0.4, -0.2) is 48.0 Å². The lowest BCUT2D eigenvalue weighted by atomic mass is 10.0. The van der Waals surface area contributed by atoms with Crippen molar-refractivity contribution in [2.45, 2.75) is 66.5 Å². The Bertz CT molecular complexity index is 1660. The molecule has 4 rings (SSSR count). The van der Waals surface area contributed by atoms with Crippen molar-refractivity contribution in [3.63, 3.8) is 0 Å². The summed E-state index contributed by atoms with van der Waals surface area (Å²) in [6.45, 7) is 14.9. The fraction of sp³-hybridized carbons (Fsp3) is 0.375. The molecule has 12 heteroatoms. The highest BCUT2D eigenvalue weighted by Gasteiger charge is 2.32. The Hall–Kier alpha value is -4.02. The average Bonchev–Trinajstić information content (AvgIpc) is 3.41. The number of carboxylic acid groups (broad SMARTS) is 1. The van der Waals surface area contributed by atoms with Gasteiger partial charge in [-0.2, -0.15) is 10.2 Å². The van der Waals surface area contributed by atoms with Crippen molar-refractivity contribution < 1.29 is 19.4 Å². The lowest BCUT2D eigenvalue weighted by molar-refractivity contribution is 0.0636. The maximum atomic E-state index is 12.0. The Morgan fingerprint density at radius 3 is 2.00 bits per heavy atom. The normalized spacial score (nSPS) is 11.5. The first kappa shape index (κ1) is 34.5. The summed E-state index contributed by atoms with van der Waals surface area (Å²) in [5, 5.41) is 22.3. The molecular formula is C32H40Cl2N6O4. The van der Waals surface area contributed by atoms with Crippen molar-refractivity contribution in [2.75, 3.05) is 10.2 Å². The molecule has 0 saturated carbocycles. The van der Waals surface area contributed by atoms with Crippen LogP contribution in [0.5, 0.6) is 0 Å². The van der Waals surface area contributed by atoms with Gasteiger partial charge in [-0.15, -0.1) is 0 Å². The monoisotopic (exact) mass is 642 g/mol. The molecule has 10 nitrogen and oxygen atoms in total. The van der Waals surface area contributed by atoms with Gasteiger partial charge < -0.3 is 9.84 Å². The Balaban J connectivity index is 0.000000240. The van der Waals surface area contributed by atoms with Crippen LogP contribution in [0.2, 0.25) is 10.0 Å². The number of ether oxygens (including phenoxy) is 1. The Kier molecular flexibility index (Phi) is 10.4. The predicted molar refractivity (Wildman–Crippen MR) is 177 cm³/mol. The van der Waals surface area contributed by atoms with Gasteiger partial charge in [0.15, 0.2) is 0 Å². The van der Waals surface area contributed by atoms with Gasteiger partial charge in [0, 0.05) is 47.0 Å². The summed E-state index contributed by atoms with van der Waals surface area (Å²) in [5.74, 6) is 0. The number of aryl methyl sites for hydroxylation is 4. The van der Waals surface area contributed by atoms with Gasteiger partial charge >= 0.3 is 12.2 Å². The van der Waals surface area contributed by atoms with E-state index in [1.165, 1.54) is 4.90 Å². The summed E-state index contributed by atoms with van der Waals surface area (Å²) < 4.78 is 8.60. The maximum absolute atomic E-state index is 12.0. The number of anilines is 2. The molecule has 0 radical (unpaired) electrons. The van der Waals surface area contributed by atoms with Crippen molar-refractivity contribution >= 4 is 46.8 Å². The van der Waals surface area contributed by atoms with Gasteiger partial charge in [0.1, 0.15) is 11.3 Å². The summed E-state index contributed by atoms with van der Waals surface area (Å²) in [6.07, 6.45) is 1.79. The number of amides is 2. The highest BCUT2D eigenvalue weighted by Crippen LogP contribution is 2.37. The molecule has 0 aliphatic rings. The number of rotatable bonds is 4. The lowest BCUT2D eigenvalue weighted by Crippen LogP contribution is -2.45. The Labute approximate surface area is 268 Å². The highest BCUT2D eigenvalue weighted by molar-refractivity contribution is 6.31. The molecule has 4 aromatic rings. The molecule has 0 saturated heterocycles. The topological polar surface area (TPSA) is 115 Å². The van der Waals surface area contributed by atoms with Gasteiger partial charge in [0.05, 0.1) is 23.3 Å². The van der Waals surface area contributed by atoms with E-state index >= 15 is 0 Å². The minimum Gasteiger partial charge on any atom is -0.465 e. The van der Waals surface area contributed by atoms with Gasteiger partial charge in [-0.1, -0.05) is 35.3 Å². The summed E-state index contributed by atoms with van der Waals surface area (Å²) in [4.78, 5) is 25.1. The predicted octanol–water partition coefficient (Wildman–Crippen LogP) is 8.73. The number of benzene rings is 2. The van der Waals surface area contributed by atoms with Crippen LogP contribution in [0.15, 0.2) is 48.8 Å². The van der Waals surface area contributed by atoms with Crippen LogP contribution in [0.25, 0.3) is 22.5 Å². The van der Waals surface area contributed by atoms with Crippen LogP contribution in [0.4, 0.5) is 21.0 Å². The summed E-state index contributed by atoms with van der Waals surface area (Å²) in [7, 11) is 3.59. The zero-order chi connectivity index (χ0) is 33.1. The second-order valence-electron chi connectivity index (χ2n) is 12.4. The summed E-state index contributed by atoms with van der Waals surface area (Å²) >= 11 is 12.2. The molecule has 44 heavy (non-hydrogen) atoms.